The summed E-state index contributed by atoms with van der Waals surface area (Å²) in [5.74, 6) is -0.763. The van der Waals surface area contributed by atoms with Crippen molar-refractivity contribution in [2.75, 3.05) is 6.61 Å². The van der Waals surface area contributed by atoms with Crippen LogP contribution in [0.15, 0.2) is 24.3 Å². The smallest absolute Gasteiger partial charge is 0.408 e. The zero-order valence-corrected chi connectivity index (χ0v) is 12.5. The Labute approximate surface area is 127 Å². The highest BCUT2D eigenvalue weighted by Gasteiger charge is 2.28. The molecular formula is C14H18N2O6. The number of nitro benzene ring substituents is 1. The fraction of sp³-hybridized carbons (Fsp3) is 0.429. The second-order valence-electron chi connectivity index (χ2n) is 5.52. The Hall–Kier alpha value is -2.48. The van der Waals surface area contributed by atoms with Gasteiger partial charge >= 0.3 is 6.09 Å². The predicted octanol–water partition coefficient (Wildman–Crippen LogP) is 1.66. The number of hydrogen-bond acceptors (Lipinski definition) is 6. The number of benzene rings is 1. The van der Waals surface area contributed by atoms with Crippen molar-refractivity contribution < 1.29 is 24.4 Å². The third-order valence-corrected chi connectivity index (χ3v) is 2.56. The predicted molar refractivity (Wildman–Crippen MR) is 77.7 cm³/mol. The van der Waals surface area contributed by atoms with Crippen molar-refractivity contribution in [2.45, 2.75) is 32.4 Å². The highest BCUT2D eigenvalue weighted by molar-refractivity contribution is 6.04. The van der Waals surface area contributed by atoms with Crippen molar-refractivity contribution >= 4 is 17.6 Å². The molecular weight excluding hydrogens is 292 g/mol. The molecule has 1 aromatic carbocycles. The summed E-state index contributed by atoms with van der Waals surface area (Å²) in [6.07, 6.45) is -0.890. The fourth-order valence-electron chi connectivity index (χ4n) is 1.67. The third-order valence-electron chi connectivity index (χ3n) is 2.56. The van der Waals surface area contributed by atoms with Crippen molar-refractivity contribution in [2.24, 2.45) is 0 Å². The number of hydrogen-bond donors (Lipinski definition) is 2. The molecule has 0 bridgehead atoms. The van der Waals surface area contributed by atoms with Crippen LogP contribution >= 0.6 is 0 Å². The zero-order chi connectivity index (χ0) is 16.9. The first-order chi connectivity index (χ1) is 10.2. The van der Waals surface area contributed by atoms with E-state index in [1.807, 2.05) is 0 Å². The standard InChI is InChI=1S/C14H18N2O6/c1-14(2,3)22-13(19)15-10(8-17)12(18)9-6-4-5-7-11(9)16(20)21/h4-7,10,17H,8H2,1-3H3,(H,15,19). The maximum atomic E-state index is 12.3. The third kappa shape index (κ3) is 4.81. The van der Waals surface area contributed by atoms with Crippen LogP contribution in [0.25, 0.3) is 0 Å². The average molecular weight is 310 g/mol. The van der Waals surface area contributed by atoms with E-state index in [0.29, 0.717) is 0 Å². The number of nitro groups is 1. The molecule has 0 aliphatic heterocycles. The second-order valence-corrected chi connectivity index (χ2v) is 5.52. The number of nitrogens with one attached hydrogen (secondary N) is 1. The molecule has 1 unspecified atom stereocenters. The lowest BCUT2D eigenvalue weighted by Crippen LogP contribution is -2.45. The van der Waals surface area contributed by atoms with Gasteiger partial charge in [-0.1, -0.05) is 12.1 Å². The molecule has 0 aromatic heterocycles. The molecule has 8 nitrogen and oxygen atoms in total. The molecule has 0 radical (unpaired) electrons. The van der Waals surface area contributed by atoms with Gasteiger partial charge in [0, 0.05) is 6.07 Å². The SMILES string of the molecule is CC(C)(C)OC(=O)NC(CO)C(=O)c1ccccc1[N+](=O)[O-]. The summed E-state index contributed by atoms with van der Waals surface area (Å²) in [5, 5.41) is 22.4. The number of para-hydroxylation sites is 1. The first-order valence-corrected chi connectivity index (χ1v) is 6.53. The van der Waals surface area contributed by atoms with Crippen LogP contribution in [0.1, 0.15) is 31.1 Å². The van der Waals surface area contributed by atoms with Gasteiger partial charge in [-0.3, -0.25) is 14.9 Å². The van der Waals surface area contributed by atoms with Crippen LogP contribution in [-0.4, -0.2) is 40.2 Å². The van der Waals surface area contributed by atoms with Crippen LogP contribution in [0.2, 0.25) is 0 Å². The topological polar surface area (TPSA) is 119 Å². The first-order valence-electron chi connectivity index (χ1n) is 6.53. The molecule has 0 saturated carbocycles. The fourth-order valence-corrected chi connectivity index (χ4v) is 1.67. The number of carbonyl (C=O) groups is 2. The molecule has 0 heterocycles. The van der Waals surface area contributed by atoms with E-state index in [1.54, 1.807) is 20.8 Å². The van der Waals surface area contributed by atoms with Crippen molar-refractivity contribution in [3.8, 4) is 0 Å². The quantitative estimate of drug-likeness (QED) is 0.485. The van der Waals surface area contributed by atoms with Gasteiger partial charge in [0.05, 0.1) is 17.1 Å². The van der Waals surface area contributed by atoms with Gasteiger partial charge < -0.3 is 15.2 Å². The van der Waals surface area contributed by atoms with Gasteiger partial charge in [-0.05, 0) is 26.8 Å². The van der Waals surface area contributed by atoms with E-state index in [2.05, 4.69) is 5.32 Å². The molecule has 0 fully saturated rings. The second kappa shape index (κ2) is 6.99. The monoisotopic (exact) mass is 310 g/mol. The van der Waals surface area contributed by atoms with Gasteiger partial charge in [0.2, 0.25) is 0 Å². The molecule has 1 aromatic rings. The van der Waals surface area contributed by atoms with Crippen LogP contribution in [0.4, 0.5) is 10.5 Å². The molecule has 1 amide bonds. The maximum absolute atomic E-state index is 12.3. The molecule has 1 atom stereocenters. The van der Waals surface area contributed by atoms with Crippen molar-refractivity contribution in [3.05, 3.63) is 39.9 Å². The summed E-state index contributed by atoms with van der Waals surface area (Å²) < 4.78 is 4.99. The molecule has 0 saturated heterocycles. The van der Waals surface area contributed by atoms with Crippen molar-refractivity contribution in [3.63, 3.8) is 0 Å². The Kier molecular flexibility index (Phi) is 5.58. The molecule has 0 spiro atoms. The molecule has 120 valence electrons. The Balaban J connectivity index is 2.94. The lowest BCUT2D eigenvalue weighted by molar-refractivity contribution is -0.385. The van der Waals surface area contributed by atoms with Crippen LogP contribution in [0.5, 0.6) is 0 Å². The van der Waals surface area contributed by atoms with Gasteiger partial charge in [0.15, 0.2) is 5.78 Å². The largest absolute Gasteiger partial charge is 0.444 e. The zero-order valence-electron chi connectivity index (χ0n) is 12.5. The molecule has 1 rings (SSSR count). The van der Waals surface area contributed by atoms with Gasteiger partial charge in [0.25, 0.3) is 5.69 Å². The van der Waals surface area contributed by atoms with E-state index in [0.717, 1.165) is 0 Å². The number of nitrogens with zero attached hydrogens (tertiary/aromatic N) is 1. The molecule has 0 aliphatic carbocycles. The molecule has 0 aliphatic rings. The van der Waals surface area contributed by atoms with Crippen molar-refractivity contribution in [1.82, 2.24) is 5.32 Å². The van der Waals surface area contributed by atoms with Gasteiger partial charge in [-0.25, -0.2) is 4.79 Å². The highest BCUT2D eigenvalue weighted by Crippen LogP contribution is 2.19. The highest BCUT2D eigenvalue weighted by atomic mass is 16.6. The van der Waals surface area contributed by atoms with Crippen LogP contribution in [0, 0.1) is 10.1 Å². The number of ether oxygens (including phenoxy) is 1. The molecule has 22 heavy (non-hydrogen) atoms. The Morgan fingerprint density at radius 3 is 2.45 bits per heavy atom. The van der Waals surface area contributed by atoms with E-state index in [9.17, 15) is 24.8 Å². The number of aliphatic hydroxyl groups is 1. The number of alkyl carbamates (subject to hydrolysis) is 1. The summed E-state index contributed by atoms with van der Waals surface area (Å²) >= 11 is 0. The lowest BCUT2D eigenvalue weighted by atomic mass is 10.0. The van der Waals surface area contributed by atoms with Gasteiger partial charge in [0.1, 0.15) is 11.6 Å². The summed E-state index contributed by atoms with van der Waals surface area (Å²) in [6.45, 7) is 4.23. The number of aliphatic hydroxyl groups excluding tert-OH is 1. The number of ketones is 1. The lowest BCUT2D eigenvalue weighted by Gasteiger charge is -2.22. The van der Waals surface area contributed by atoms with Gasteiger partial charge in [-0.15, -0.1) is 0 Å². The Bertz CT molecular complexity index is 579. The van der Waals surface area contributed by atoms with E-state index < -0.39 is 40.7 Å². The van der Waals surface area contributed by atoms with E-state index in [4.69, 9.17) is 4.74 Å². The minimum Gasteiger partial charge on any atom is -0.444 e. The summed E-state index contributed by atoms with van der Waals surface area (Å²) in [6, 6.07) is 4.00. The minimum atomic E-state index is -1.32. The Morgan fingerprint density at radius 2 is 1.95 bits per heavy atom. The first kappa shape index (κ1) is 17.6. The average Bonchev–Trinajstić information content (AvgIpc) is 2.42. The van der Waals surface area contributed by atoms with Crippen LogP contribution in [0.3, 0.4) is 0 Å². The van der Waals surface area contributed by atoms with E-state index >= 15 is 0 Å². The molecule has 2 N–H and O–H groups in total. The van der Waals surface area contributed by atoms with Gasteiger partial charge in [-0.2, -0.15) is 0 Å². The normalized spacial score (nSPS) is 12.4. The summed E-state index contributed by atoms with van der Waals surface area (Å²) in [5.41, 5.74) is -1.36. The Morgan fingerprint density at radius 1 is 1.36 bits per heavy atom. The van der Waals surface area contributed by atoms with E-state index in [-0.39, 0.29) is 5.56 Å². The number of carbonyl (C=O) groups excluding carboxylic acids is 2. The summed E-state index contributed by atoms with van der Waals surface area (Å²) in [4.78, 5) is 34.1. The number of amides is 1. The van der Waals surface area contributed by atoms with Crippen molar-refractivity contribution in [1.29, 1.82) is 0 Å². The van der Waals surface area contributed by atoms with E-state index in [1.165, 1.54) is 24.3 Å². The maximum Gasteiger partial charge on any atom is 0.408 e. The van der Waals surface area contributed by atoms with Crippen LogP contribution in [-0.2, 0) is 4.74 Å². The van der Waals surface area contributed by atoms with Crippen LogP contribution < -0.4 is 5.32 Å². The molecule has 8 heteroatoms. The summed E-state index contributed by atoms with van der Waals surface area (Å²) in [7, 11) is 0. The number of rotatable bonds is 5. The minimum absolute atomic E-state index is 0.192. The number of Topliss-reactive ketones (excluding diaryl/α,β-unsaturated/α-hetero) is 1.